The van der Waals surface area contributed by atoms with Crippen LogP contribution in [0.1, 0.15) is 21.5 Å². The van der Waals surface area contributed by atoms with Crippen LogP contribution in [0.5, 0.6) is 5.75 Å². The molecule has 0 saturated heterocycles. The lowest BCUT2D eigenvalue weighted by Gasteiger charge is -2.09. The van der Waals surface area contributed by atoms with Crippen LogP contribution in [0.2, 0.25) is 0 Å². The lowest BCUT2D eigenvalue weighted by molar-refractivity contribution is 0.102. The molecule has 3 rings (SSSR count). The Morgan fingerprint density at radius 1 is 1.30 bits per heavy atom. The average Bonchev–Trinajstić information content (AvgIpc) is 2.89. The zero-order valence-corrected chi connectivity index (χ0v) is 12.7. The van der Waals surface area contributed by atoms with Gasteiger partial charge in [-0.05, 0) is 58.2 Å². The molecule has 0 aromatic heterocycles. The van der Waals surface area contributed by atoms with E-state index in [1.807, 2.05) is 43.3 Å². The second-order valence-electron chi connectivity index (χ2n) is 4.81. The van der Waals surface area contributed by atoms with Crippen LogP contribution in [-0.2, 0) is 6.42 Å². The normalized spacial score (nSPS) is 12.7. The van der Waals surface area contributed by atoms with E-state index in [0.29, 0.717) is 5.56 Å². The minimum atomic E-state index is -0.112. The van der Waals surface area contributed by atoms with Crippen molar-refractivity contribution < 1.29 is 9.53 Å². The molecule has 4 heteroatoms. The van der Waals surface area contributed by atoms with E-state index in [-0.39, 0.29) is 5.91 Å². The first kappa shape index (κ1) is 13.2. The number of ether oxygens (including phenoxy) is 1. The van der Waals surface area contributed by atoms with E-state index in [2.05, 4.69) is 21.2 Å². The van der Waals surface area contributed by atoms with Crippen molar-refractivity contribution in [3.63, 3.8) is 0 Å². The van der Waals surface area contributed by atoms with Crippen molar-refractivity contribution in [1.29, 1.82) is 0 Å². The van der Waals surface area contributed by atoms with Gasteiger partial charge in [-0.2, -0.15) is 0 Å². The molecule has 0 spiro atoms. The first-order chi connectivity index (χ1) is 9.65. The van der Waals surface area contributed by atoms with Gasteiger partial charge in [0.2, 0.25) is 0 Å². The second kappa shape index (κ2) is 5.29. The smallest absolute Gasteiger partial charge is 0.256 e. The molecule has 0 unspecified atom stereocenters. The molecule has 102 valence electrons. The number of rotatable bonds is 2. The summed E-state index contributed by atoms with van der Waals surface area (Å²) >= 11 is 3.46. The fourth-order valence-corrected chi connectivity index (χ4v) is 2.73. The molecule has 1 aliphatic rings. The van der Waals surface area contributed by atoms with E-state index in [1.165, 1.54) is 0 Å². The predicted octanol–water partition coefficient (Wildman–Crippen LogP) is 3.94. The number of fused-ring (bicyclic) bond motifs is 1. The van der Waals surface area contributed by atoms with Gasteiger partial charge in [-0.1, -0.05) is 12.1 Å². The van der Waals surface area contributed by atoms with Crippen molar-refractivity contribution >= 4 is 27.5 Å². The Kier molecular flexibility index (Phi) is 3.49. The summed E-state index contributed by atoms with van der Waals surface area (Å²) in [5, 5.41) is 2.93. The molecule has 1 aliphatic heterocycles. The highest BCUT2D eigenvalue weighted by molar-refractivity contribution is 9.10. The number of hydrogen-bond donors (Lipinski definition) is 1. The maximum absolute atomic E-state index is 12.3. The molecule has 0 aliphatic carbocycles. The van der Waals surface area contributed by atoms with Gasteiger partial charge >= 0.3 is 0 Å². The van der Waals surface area contributed by atoms with Gasteiger partial charge in [0.05, 0.1) is 12.2 Å². The molecule has 1 N–H and O–H groups in total. The third-order valence-electron chi connectivity index (χ3n) is 3.38. The Bertz CT molecular complexity index is 682. The van der Waals surface area contributed by atoms with Crippen LogP contribution in [-0.4, -0.2) is 12.5 Å². The summed E-state index contributed by atoms with van der Waals surface area (Å²) in [6, 6.07) is 11.4. The molecule has 2 aromatic carbocycles. The van der Waals surface area contributed by atoms with Gasteiger partial charge in [-0.25, -0.2) is 0 Å². The zero-order chi connectivity index (χ0) is 14.1. The van der Waals surface area contributed by atoms with Gasteiger partial charge in [0.25, 0.3) is 5.91 Å². The first-order valence-corrected chi connectivity index (χ1v) is 7.26. The van der Waals surface area contributed by atoms with Crippen LogP contribution in [0.15, 0.2) is 40.9 Å². The molecule has 1 heterocycles. The monoisotopic (exact) mass is 331 g/mol. The number of benzene rings is 2. The van der Waals surface area contributed by atoms with Crippen molar-refractivity contribution in [1.82, 2.24) is 0 Å². The van der Waals surface area contributed by atoms with Crippen molar-refractivity contribution in [2.45, 2.75) is 13.3 Å². The maximum atomic E-state index is 12.3. The van der Waals surface area contributed by atoms with Crippen molar-refractivity contribution in [2.75, 3.05) is 11.9 Å². The number of amides is 1. The fraction of sp³-hybridized carbons (Fsp3) is 0.188. The summed E-state index contributed by atoms with van der Waals surface area (Å²) in [5.74, 6) is 0.805. The lowest BCUT2D eigenvalue weighted by atomic mass is 10.1. The van der Waals surface area contributed by atoms with E-state index >= 15 is 0 Å². The van der Waals surface area contributed by atoms with E-state index in [4.69, 9.17) is 4.74 Å². The van der Waals surface area contributed by atoms with E-state index in [1.54, 1.807) is 0 Å². The van der Waals surface area contributed by atoms with E-state index in [0.717, 1.165) is 40.1 Å². The molecule has 0 atom stereocenters. The third kappa shape index (κ3) is 2.43. The quantitative estimate of drug-likeness (QED) is 0.904. The minimum Gasteiger partial charge on any atom is -0.493 e. The number of halogens is 1. The van der Waals surface area contributed by atoms with Crippen molar-refractivity contribution in [3.05, 3.63) is 57.6 Å². The van der Waals surface area contributed by atoms with Gasteiger partial charge in [-0.15, -0.1) is 0 Å². The second-order valence-corrected chi connectivity index (χ2v) is 5.60. The largest absolute Gasteiger partial charge is 0.493 e. The highest BCUT2D eigenvalue weighted by atomic mass is 79.9. The third-order valence-corrected chi connectivity index (χ3v) is 4.44. The van der Waals surface area contributed by atoms with Crippen LogP contribution in [0.4, 0.5) is 5.69 Å². The molecule has 20 heavy (non-hydrogen) atoms. The Balaban J connectivity index is 1.84. The van der Waals surface area contributed by atoms with Crippen molar-refractivity contribution in [2.24, 2.45) is 0 Å². The van der Waals surface area contributed by atoms with E-state index < -0.39 is 0 Å². The van der Waals surface area contributed by atoms with Gasteiger partial charge in [0.15, 0.2) is 0 Å². The van der Waals surface area contributed by atoms with Crippen LogP contribution >= 0.6 is 15.9 Å². The SMILES string of the molecule is Cc1cccc(C(=O)Nc2ccc3c(c2)CCO3)c1Br. The van der Waals surface area contributed by atoms with Gasteiger partial charge in [0, 0.05) is 16.6 Å². The predicted molar refractivity (Wildman–Crippen MR) is 82.5 cm³/mol. The zero-order valence-electron chi connectivity index (χ0n) is 11.1. The fourth-order valence-electron chi connectivity index (χ4n) is 2.29. The lowest BCUT2D eigenvalue weighted by Crippen LogP contribution is -2.13. The van der Waals surface area contributed by atoms with Crippen LogP contribution in [0.3, 0.4) is 0 Å². The minimum absolute atomic E-state index is 0.112. The number of nitrogens with one attached hydrogen (secondary N) is 1. The summed E-state index contributed by atoms with van der Waals surface area (Å²) < 4.78 is 6.29. The number of hydrogen-bond acceptors (Lipinski definition) is 2. The summed E-state index contributed by atoms with van der Waals surface area (Å²) in [6.07, 6.45) is 0.896. The molecule has 1 amide bonds. The molecular weight excluding hydrogens is 318 g/mol. The van der Waals surface area contributed by atoms with Crippen LogP contribution < -0.4 is 10.1 Å². The van der Waals surface area contributed by atoms with Gasteiger partial charge < -0.3 is 10.1 Å². The van der Waals surface area contributed by atoms with Crippen LogP contribution in [0, 0.1) is 6.92 Å². The molecule has 2 aromatic rings. The standard InChI is InChI=1S/C16H14BrNO2/c1-10-3-2-4-13(15(10)17)16(19)18-12-5-6-14-11(9-12)7-8-20-14/h2-6,9H,7-8H2,1H3,(H,18,19). The first-order valence-electron chi connectivity index (χ1n) is 6.47. The van der Waals surface area contributed by atoms with Gasteiger partial charge in [-0.3, -0.25) is 4.79 Å². The number of aryl methyl sites for hydroxylation is 1. The molecule has 3 nitrogen and oxygen atoms in total. The summed E-state index contributed by atoms with van der Waals surface area (Å²) in [6.45, 7) is 2.68. The molecule has 0 fully saturated rings. The molecule has 0 saturated carbocycles. The highest BCUT2D eigenvalue weighted by Gasteiger charge is 2.15. The molecule has 0 bridgehead atoms. The summed E-state index contributed by atoms with van der Waals surface area (Å²) in [5.41, 5.74) is 3.63. The number of carbonyl (C=O) groups is 1. The Morgan fingerprint density at radius 3 is 3.00 bits per heavy atom. The summed E-state index contributed by atoms with van der Waals surface area (Å²) in [4.78, 5) is 12.3. The Hall–Kier alpha value is -1.81. The average molecular weight is 332 g/mol. The maximum Gasteiger partial charge on any atom is 0.256 e. The van der Waals surface area contributed by atoms with Gasteiger partial charge in [0.1, 0.15) is 5.75 Å². The number of anilines is 1. The Labute approximate surface area is 126 Å². The van der Waals surface area contributed by atoms with Crippen LogP contribution in [0.25, 0.3) is 0 Å². The molecular formula is C16H14BrNO2. The topological polar surface area (TPSA) is 38.3 Å². The molecule has 0 radical (unpaired) electrons. The van der Waals surface area contributed by atoms with Crippen molar-refractivity contribution in [3.8, 4) is 5.75 Å². The van der Waals surface area contributed by atoms with E-state index in [9.17, 15) is 4.79 Å². The summed E-state index contributed by atoms with van der Waals surface area (Å²) in [7, 11) is 0. The Morgan fingerprint density at radius 2 is 2.15 bits per heavy atom. The highest BCUT2D eigenvalue weighted by Crippen LogP contribution is 2.28. The number of carbonyl (C=O) groups excluding carboxylic acids is 1.